The summed E-state index contributed by atoms with van der Waals surface area (Å²) < 4.78 is 6.18. The van der Waals surface area contributed by atoms with Crippen LogP contribution in [0.25, 0.3) is 0 Å². The molecular formula is C20H25NO. The van der Waals surface area contributed by atoms with Gasteiger partial charge in [0.05, 0.1) is 0 Å². The Hall–Kier alpha value is -1.96. The molecule has 0 saturated heterocycles. The summed E-state index contributed by atoms with van der Waals surface area (Å²) in [6.07, 6.45) is 0.981. The van der Waals surface area contributed by atoms with E-state index in [0.717, 1.165) is 18.7 Å². The lowest BCUT2D eigenvalue weighted by Crippen LogP contribution is -2.24. The molecule has 0 amide bonds. The molecule has 1 heterocycles. The van der Waals surface area contributed by atoms with Gasteiger partial charge in [-0.15, -0.1) is 0 Å². The number of rotatable bonds is 3. The molecule has 0 unspecified atom stereocenters. The Morgan fingerprint density at radius 2 is 1.68 bits per heavy atom. The van der Waals surface area contributed by atoms with Gasteiger partial charge in [-0.25, -0.2) is 0 Å². The molecule has 2 nitrogen and oxygen atoms in total. The third kappa shape index (κ3) is 2.58. The lowest BCUT2D eigenvalue weighted by atomic mass is 9.92. The largest absolute Gasteiger partial charge is 0.487 e. The second kappa shape index (κ2) is 5.35. The maximum atomic E-state index is 6.18. The summed E-state index contributed by atoms with van der Waals surface area (Å²) in [6.45, 7) is 11.7. The Bertz CT molecular complexity index is 702. The summed E-state index contributed by atoms with van der Waals surface area (Å²) in [4.78, 5) is 0. The van der Waals surface area contributed by atoms with Crippen LogP contribution in [0.2, 0.25) is 0 Å². The molecular weight excluding hydrogens is 270 g/mol. The van der Waals surface area contributed by atoms with Gasteiger partial charge in [0.1, 0.15) is 11.4 Å². The second-order valence-electron chi connectivity index (χ2n) is 6.94. The molecule has 116 valence electrons. The van der Waals surface area contributed by atoms with E-state index in [1.807, 2.05) is 0 Å². The smallest absolute Gasteiger partial charge is 0.127 e. The van der Waals surface area contributed by atoms with Crippen LogP contribution >= 0.6 is 0 Å². The van der Waals surface area contributed by atoms with Crippen LogP contribution in [0.15, 0.2) is 30.3 Å². The van der Waals surface area contributed by atoms with Gasteiger partial charge in [0.15, 0.2) is 0 Å². The average Bonchev–Trinajstić information content (AvgIpc) is 2.82. The van der Waals surface area contributed by atoms with Gasteiger partial charge in [-0.2, -0.15) is 0 Å². The maximum Gasteiger partial charge on any atom is 0.127 e. The van der Waals surface area contributed by atoms with Crippen LogP contribution in [0.1, 0.15) is 41.7 Å². The summed E-state index contributed by atoms with van der Waals surface area (Å²) >= 11 is 0. The van der Waals surface area contributed by atoms with Gasteiger partial charge in [-0.05, 0) is 56.9 Å². The highest BCUT2D eigenvalue weighted by Crippen LogP contribution is 2.44. The monoisotopic (exact) mass is 295 g/mol. The van der Waals surface area contributed by atoms with E-state index >= 15 is 0 Å². The zero-order valence-corrected chi connectivity index (χ0v) is 14.2. The van der Waals surface area contributed by atoms with Crippen molar-refractivity contribution in [2.24, 2.45) is 0 Å². The molecule has 0 spiro atoms. The van der Waals surface area contributed by atoms with Crippen molar-refractivity contribution in [1.29, 1.82) is 0 Å². The van der Waals surface area contributed by atoms with E-state index in [2.05, 4.69) is 70.3 Å². The molecule has 0 saturated carbocycles. The zero-order valence-electron chi connectivity index (χ0n) is 14.2. The third-order valence-corrected chi connectivity index (χ3v) is 4.67. The molecule has 2 heteroatoms. The van der Waals surface area contributed by atoms with Crippen molar-refractivity contribution < 1.29 is 4.74 Å². The number of benzene rings is 2. The molecule has 2 aromatic carbocycles. The lowest BCUT2D eigenvalue weighted by molar-refractivity contribution is 0.137. The predicted octanol–water partition coefficient (Wildman–Crippen LogP) is 4.94. The van der Waals surface area contributed by atoms with E-state index in [1.54, 1.807) is 0 Å². The van der Waals surface area contributed by atoms with Gasteiger partial charge in [-0.1, -0.05) is 30.3 Å². The zero-order chi connectivity index (χ0) is 15.9. The topological polar surface area (TPSA) is 21.3 Å². The molecule has 0 fully saturated rings. The highest BCUT2D eigenvalue weighted by atomic mass is 16.5. The molecule has 1 aliphatic heterocycles. The van der Waals surface area contributed by atoms with Crippen LogP contribution in [0.3, 0.4) is 0 Å². The summed E-state index contributed by atoms with van der Waals surface area (Å²) in [5.41, 5.74) is 7.73. The number of hydrogen-bond acceptors (Lipinski definition) is 2. The van der Waals surface area contributed by atoms with Crippen LogP contribution in [0.5, 0.6) is 5.75 Å². The van der Waals surface area contributed by atoms with Crippen molar-refractivity contribution in [3.63, 3.8) is 0 Å². The molecule has 0 aliphatic carbocycles. The summed E-state index contributed by atoms with van der Waals surface area (Å²) in [7, 11) is 0. The van der Waals surface area contributed by atoms with Crippen LogP contribution in [-0.4, -0.2) is 5.60 Å². The first-order valence-corrected chi connectivity index (χ1v) is 7.98. The van der Waals surface area contributed by atoms with Gasteiger partial charge in [-0.3, -0.25) is 0 Å². The van der Waals surface area contributed by atoms with Crippen LogP contribution in [0.4, 0.5) is 5.69 Å². The van der Waals surface area contributed by atoms with Crippen molar-refractivity contribution in [2.75, 3.05) is 5.32 Å². The van der Waals surface area contributed by atoms with Gasteiger partial charge >= 0.3 is 0 Å². The molecule has 2 aromatic rings. The highest BCUT2D eigenvalue weighted by molar-refractivity contribution is 5.68. The third-order valence-electron chi connectivity index (χ3n) is 4.67. The van der Waals surface area contributed by atoms with Crippen LogP contribution in [-0.2, 0) is 13.0 Å². The molecule has 1 N–H and O–H groups in total. The van der Waals surface area contributed by atoms with E-state index in [4.69, 9.17) is 4.74 Å². The average molecular weight is 295 g/mol. The number of hydrogen-bond donors (Lipinski definition) is 1. The Balaban J connectivity index is 1.95. The van der Waals surface area contributed by atoms with Crippen molar-refractivity contribution in [2.45, 2.75) is 53.2 Å². The Morgan fingerprint density at radius 1 is 1.00 bits per heavy atom. The maximum absolute atomic E-state index is 6.18. The molecule has 0 radical (unpaired) electrons. The van der Waals surface area contributed by atoms with Gasteiger partial charge in [0.25, 0.3) is 0 Å². The van der Waals surface area contributed by atoms with E-state index in [-0.39, 0.29) is 5.60 Å². The van der Waals surface area contributed by atoms with Crippen molar-refractivity contribution in [3.8, 4) is 5.75 Å². The quantitative estimate of drug-likeness (QED) is 0.866. The van der Waals surface area contributed by atoms with Gasteiger partial charge in [0.2, 0.25) is 0 Å². The van der Waals surface area contributed by atoms with Crippen LogP contribution in [0, 0.1) is 20.8 Å². The molecule has 1 aliphatic rings. The summed E-state index contributed by atoms with van der Waals surface area (Å²) in [6, 6.07) is 10.5. The summed E-state index contributed by atoms with van der Waals surface area (Å²) in [5.74, 6) is 1.10. The molecule has 0 bridgehead atoms. The van der Waals surface area contributed by atoms with E-state index < -0.39 is 0 Å². The van der Waals surface area contributed by atoms with Gasteiger partial charge in [0, 0.05) is 24.2 Å². The number of nitrogens with one attached hydrogen (secondary N) is 1. The van der Waals surface area contributed by atoms with Crippen LogP contribution < -0.4 is 10.1 Å². The first kappa shape index (κ1) is 15.0. The Kier molecular flexibility index (Phi) is 3.64. The predicted molar refractivity (Wildman–Crippen MR) is 92.8 cm³/mol. The second-order valence-corrected chi connectivity index (χ2v) is 6.94. The van der Waals surface area contributed by atoms with E-state index in [0.29, 0.717) is 0 Å². The Morgan fingerprint density at radius 3 is 2.36 bits per heavy atom. The van der Waals surface area contributed by atoms with Crippen molar-refractivity contribution >= 4 is 5.69 Å². The minimum Gasteiger partial charge on any atom is -0.487 e. The van der Waals surface area contributed by atoms with E-state index in [9.17, 15) is 0 Å². The Labute approximate surface area is 133 Å². The molecule has 0 atom stereocenters. The highest BCUT2D eigenvalue weighted by Gasteiger charge is 2.34. The van der Waals surface area contributed by atoms with Crippen molar-refractivity contribution in [3.05, 3.63) is 58.1 Å². The fraction of sp³-hybridized carbons (Fsp3) is 0.400. The fourth-order valence-electron chi connectivity index (χ4n) is 3.33. The SMILES string of the molecule is Cc1c(C)c2c(c(C)c1NCc1ccccc1)CC(C)(C)O2. The molecule has 0 aromatic heterocycles. The summed E-state index contributed by atoms with van der Waals surface area (Å²) in [5, 5.41) is 3.64. The molecule has 3 rings (SSSR count). The number of fused-ring (bicyclic) bond motifs is 1. The van der Waals surface area contributed by atoms with E-state index in [1.165, 1.54) is 33.5 Å². The van der Waals surface area contributed by atoms with Gasteiger partial charge < -0.3 is 10.1 Å². The number of anilines is 1. The fourth-order valence-corrected chi connectivity index (χ4v) is 3.33. The lowest BCUT2D eigenvalue weighted by Gasteiger charge is -2.19. The van der Waals surface area contributed by atoms with Crippen molar-refractivity contribution in [1.82, 2.24) is 0 Å². The molecule has 22 heavy (non-hydrogen) atoms. The first-order valence-electron chi connectivity index (χ1n) is 7.98. The minimum absolute atomic E-state index is 0.0949. The minimum atomic E-state index is -0.0949. The number of ether oxygens (including phenoxy) is 1. The normalized spacial score (nSPS) is 15.3. The standard InChI is InChI=1S/C20H25NO/c1-13-14(2)19-17(11-20(4,5)22-19)15(3)18(13)21-12-16-9-7-6-8-10-16/h6-10,21H,11-12H2,1-5H3. The first-order chi connectivity index (χ1) is 10.4.